The number of nitrogens with one attached hydrogen (secondary N) is 2. The first-order valence-electron chi connectivity index (χ1n) is 5.12. The smallest absolute Gasteiger partial charge is 0.208 e. The number of aliphatic hydroxyl groups excluding tert-OH is 1. The molecule has 0 fully saturated rings. The molecule has 0 bridgehead atoms. The molecule has 0 spiro atoms. The van der Waals surface area contributed by atoms with Crippen molar-refractivity contribution in [2.45, 2.75) is 31.5 Å². The van der Waals surface area contributed by atoms with Gasteiger partial charge in [0, 0.05) is 18.4 Å². The molecule has 3 N–H and O–H groups in total. The SMILES string of the molecule is CCNC(CCO)CSc1n[nH]c(C)n1. The van der Waals surface area contributed by atoms with Crippen LogP contribution in [0.15, 0.2) is 5.16 Å². The predicted octanol–water partition coefficient (Wildman–Crippen LogP) is 0.566. The molecule has 0 aliphatic carbocycles. The average molecular weight is 230 g/mol. The quantitative estimate of drug-likeness (QED) is 0.597. The van der Waals surface area contributed by atoms with E-state index in [1.807, 2.05) is 6.92 Å². The highest BCUT2D eigenvalue weighted by Gasteiger charge is 2.09. The van der Waals surface area contributed by atoms with Gasteiger partial charge in [0.05, 0.1) is 0 Å². The van der Waals surface area contributed by atoms with Gasteiger partial charge in [-0.3, -0.25) is 5.10 Å². The summed E-state index contributed by atoms with van der Waals surface area (Å²) in [5, 5.41) is 19.8. The molecule has 0 amide bonds. The van der Waals surface area contributed by atoms with E-state index >= 15 is 0 Å². The molecular weight excluding hydrogens is 212 g/mol. The van der Waals surface area contributed by atoms with Gasteiger partial charge in [0.2, 0.25) is 5.16 Å². The lowest BCUT2D eigenvalue weighted by molar-refractivity contribution is 0.271. The van der Waals surface area contributed by atoms with E-state index in [0.29, 0.717) is 6.04 Å². The number of thioether (sulfide) groups is 1. The zero-order chi connectivity index (χ0) is 11.1. The number of aromatic amines is 1. The van der Waals surface area contributed by atoms with Gasteiger partial charge in [0.15, 0.2) is 0 Å². The lowest BCUT2D eigenvalue weighted by atomic mass is 10.2. The van der Waals surface area contributed by atoms with Gasteiger partial charge in [-0.25, -0.2) is 4.98 Å². The maximum absolute atomic E-state index is 8.88. The summed E-state index contributed by atoms with van der Waals surface area (Å²) >= 11 is 1.60. The van der Waals surface area contributed by atoms with Crippen molar-refractivity contribution in [3.63, 3.8) is 0 Å². The number of aromatic nitrogens is 3. The van der Waals surface area contributed by atoms with Crippen LogP contribution in [-0.4, -0.2) is 45.2 Å². The molecule has 86 valence electrons. The van der Waals surface area contributed by atoms with Gasteiger partial charge in [-0.2, -0.15) is 0 Å². The van der Waals surface area contributed by atoms with Crippen LogP contribution in [0.3, 0.4) is 0 Å². The highest BCUT2D eigenvalue weighted by atomic mass is 32.2. The maximum atomic E-state index is 8.88. The Labute approximate surface area is 94.1 Å². The molecule has 1 rings (SSSR count). The number of nitrogens with zero attached hydrogens (tertiary/aromatic N) is 2. The zero-order valence-corrected chi connectivity index (χ0v) is 9.97. The molecule has 0 saturated carbocycles. The van der Waals surface area contributed by atoms with Gasteiger partial charge in [-0.1, -0.05) is 18.7 Å². The molecule has 1 heterocycles. The summed E-state index contributed by atoms with van der Waals surface area (Å²) in [7, 11) is 0. The fourth-order valence-corrected chi connectivity index (χ4v) is 2.20. The Hall–Kier alpha value is -0.590. The third-order valence-corrected chi connectivity index (χ3v) is 2.97. The van der Waals surface area contributed by atoms with Crippen LogP contribution in [0, 0.1) is 6.92 Å². The second kappa shape index (κ2) is 6.81. The lowest BCUT2D eigenvalue weighted by Gasteiger charge is -2.14. The summed E-state index contributed by atoms with van der Waals surface area (Å²) in [6, 6.07) is 0.323. The number of rotatable bonds is 7. The minimum Gasteiger partial charge on any atom is -0.396 e. The first-order chi connectivity index (χ1) is 7.26. The van der Waals surface area contributed by atoms with Crippen molar-refractivity contribution in [1.29, 1.82) is 0 Å². The summed E-state index contributed by atoms with van der Waals surface area (Å²) in [5.41, 5.74) is 0. The molecule has 1 atom stereocenters. The number of hydrogen-bond acceptors (Lipinski definition) is 5. The molecule has 5 nitrogen and oxygen atoms in total. The molecule has 1 aromatic rings. The van der Waals surface area contributed by atoms with Crippen molar-refractivity contribution in [2.75, 3.05) is 18.9 Å². The second-order valence-electron chi connectivity index (χ2n) is 3.28. The van der Waals surface area contributed by atoms with E-state index < -0.39 is 0 Å². The van der Waals surface area contributed by atoms with E-state index in [9.17, 15) is 0 Å². The minimum atomic E-state index is 0.214. The molecule has 1 unspecified atom stereocenters. The Morgan fingerprint density at radius 2 is 2.40 bits per heavy atom. The van der Waals surface area contributed by atoms with Crippen LogP contribution in [0.2, 0.25) is 0 Å². The minimum absolute atomic E-state index is 0.214. The van der Waals surface area contributed by atoms with Gasteiger partial charge < -0.3 is 10.4 Å². The topological polar surface area (TPSA) is 73.8 Å². The summed E-state index contributed by atoms with van der Waals surface area (Å²) in [5.74, 6) is 1.71. The van der Waals surface area contributed by atoms with Crippen LogP contribution in [-0.2, 0) is 0 Å². The van der Waals surface area contributed by atoms with Crippen LogP contribution in [0.5, 0.6) is 0 Å². The van der Waals surface area contributed by atoms with Crippen LogP contribution >= 0.6 is 11.8 Å². The van der Waals surface area contributed by atoms with Crippen molar-refractivity contribution in [2.24, 2.45) is 0 Å². The first-order valence-corrected chi connectivity index (χ1v) is 6.10. The molecule has 0 aliphatic heterocycles. The van der Waals surface area contributed by atoms with Gasteiger partial charge in [-0.05, 0) is 19.9 Å². The van der Waals surface area contributed by atoms with Crippen molar-refractivity contribution < 1.29 is 5.11 Å². The van der Waals surface area contributed by atoms with Gasteiger partial charge in [0.25, 0.3) is 0 Å². The van der Waals surface area contributed by atoms with Crippen LogP contribution in [0.4, 0.5) is 0 Å². The Balaban J connectivity index is 2.32. The Morgan fingerprint density at radius 1 is 1.60 bits per heavy atom. The summed E-state index contributed by atoms with van der Waals surface area (Å²) < 4.78 is 0. The molecule has 6 heteroatoms. The van der Waals surface area contributed by atoms with Crippen molar-refractivity contribution in [3.8, 4) is 0 Å². The number of aliphatic hydroxyl groups is 1. The lowest BCUT2D eigenvalue weighted by Crippen LogP contribution is -2.32. The van der Waals surface area contributed by atoms with E-state index in [4.69, 9.17) is 5.11 Å². The van der Waals surface area contributed by atoms with Crippen LogP contribution < -0.4 is 5.32 Å². The zero-order valence-electron chi connectivity index (χ0n) is 9.16. The van der Waals surface area contributed by atoms with Crippen molar-refractivity contribution in [1.82, 2.24) is 20.5 Å². The number of aryl methyl sites for hydroxylation is 1. The van der Waals surface area contributed by atoms with Crippen molar-refractivity contribution in [3.05, 3.63) is 5.82 Å². The fraction of sp³-hybridized carbons (Fsp3) is 0.778. The Kier molecular flexibility index (Phi) is 5.67. The molecule has 0 aliphatic rings. The highest BCUT2D eigenvalue weighted by molar-refractivity contribution is 7.99. The average Bonchev–Trinajstić information content (AvgIpc) is 2.61. The molecule has 15 heavy (non-hydrogen) atoms. The largest absolute Gasteiger partial charge is 0.396 e. The monoisotopic (exact) mass is 230 g/mol. The van der Waals surface area contributed by atoms with E-state index in [1.165, 1.54) is 0 Å². The Bertz CT molecular complexity index is 273. The second-order valence-corrected chi connectivity index (χ2v) is 4.27. The number of hydrogen-bond donors (Lipinski definition) is 3. The van der Waals surface area contributed by atoms with Gasteiger partial charge in [-0.15, -0.1) is 5.10 Å². The summed E-state index contributed by atoms with van der Waals surface area (Å²) in [4.78, 5) is 4.21. The maximum Gasteiger partial charge on any atom is 0.208 e. The van der Waals surface area contributed by atoms with E-state index in [0.717, 1.165) is 29.7 Å². The fourth-order valence-electron chi connectivity index (χ4n) is 1.25. The number of H-pyrrole nitrogens is 1. The predicted molar refractivity (Wildman–Crippen MR) is 61.0 cm³/mol. The summed E-state index contributed by atoms with van der Waals surface area (Å²) in [6.45, 7) is 5.07. The van der Waals surface area contributed by atoms with Crippen LogP contribution in [0.25, 0.3) is 0 Å². The van der Waals surface area contributed by atoms with E-state index in [2.05, 4.69) is 27.4 Å². The molecular formula is C9H18N4OS. The molecule has 0 radical (unpaired) electrons. The molecule has 1 aromatic heterocycles. The van der Waals surface area contributed by atoms with Gasteiger partial charge >= 0.3 is 0 Å². The molecule has 0 saturated heterocycles. The highest BCUT2D eigenvalue weighted by Crippen LogP contribution is 2.14. The van der Waals surface area contributed by atoms with E-state index in [1.54, 1.807) is 11.8 Å². The van der Waals surface area contributed by atoms with Gasteiger partial charge in [0.1, 0.15) is 5.82 Å². The third kappa shape index (κ3) is 4.63. The van der Waals surface area contributed by atoms with Crippen molar-refractivity contribution >= 4 is 11.8 Å². The summed E-state index contributed by atoms with van der Waals surface area (Å²) in [6.07, 6.45) is 0.768. The first kappa shape index (κ1) is 12.5. The normalized spacial score (nSPS) is 13.0. The van der Waals surface area contributed by atoms with Crippen LogP contribution in [0.1, 0.15) is 19.2 Å². The Morgan fingerprint density at radius 3 is 2.93 bits per heavy atom. The molecule has 0 aromatic carbocycles. The standard InChI is InChI=1S/C9H18N4OS/c1-3-10-8(4-5-14)6-15-9-11-7(2)12-13-9/h8,10,14H,3-6H2,1-2H3,(H,11,12,13). The third-order valence-electron chi connectivity index (χ3n) is 1.96. The van der Waals surface area contributed by atoms with E-state index in [-0.39, 0.29) is 6.61 Å².